The SMILES string of the molecule is COC(=O)c1cc(Nc2ncc(F)c(Nc3cc(C)c(O)c(Cl)c3)n2)ccc1OC. The largest absolute Gasteiger partial charge is 0.506 e. The molecule has 0 aliphatic heterocycles. The molecule has 10 heteroatoms. The van der Waals surface area contributed by atoms with Crippen LogP contribution in [-0.4, -0.2) is 35.3 Å². The smallest absolute Gasteiger partial charge is 0.341 e. The number of rotatable bonds is 6. The molecule has 0 fully saturated rings. The minimum Gasteiger partial charge on any atom is -0.506 e. The van der Waals surface area contributed by atoms with Crippen LogP contribution in [-0.2, 0) is 4.74 Å². The van der Waals surface area contributed by atoms with Gasteiger partial charge in [-0.3, -0.25) is 0 Å². The molecule has 0 amide bonds. The lowest BCUT2D eigenvalue weighted by Crippen LogP contribution is -2.06. The maximum atomic E-state index is 14.2. The molecular formula is C20H18ClFN4O4. The molecule has 30 heavy (non-hydrogen) atoms. The average molecular weight is 433 g/mol. The number of halogens is 2. The summed E-state index contributed by atoms with van der Waals surface area (Å²) in [5, 5.41) is 15.6. The van der Waals surface area contributed by atoms with Crippen molar-refractivity contribution in [2.45, 2.75) is 6.92 Å². The molecule has 1 heterocycles. The second-order valence-corrected chi connectivity index (χ2v) is 6.58. The van der Waals surface area contributed by atoms with Gasteiger partial charge in [-0.15, -0.1) is 0 Å². The van der Waals surface area contributed by atoms with Crippen molar-refractivity contribution in [1.29, 1.82) is 0 Å². The van der Waals surface area contributed by atoms with E-state index in [4.69, 9.17) is 21.1 Å². The fourth-order valence-corrected chi connectivity index (χ4v) is 2.91. The van der Waals surface area contributed by atoms with E-state index in [1.807, 2.05) is 0 Å². The molecule has 0 bridgehead atoms. The van der Waals surface area contributed by atoms with Crippen LogP contribution in [0.25, 0.3) is 0 Å². The van der Waals surface area contributed by atoms with Gasteiger partial charge in [0.05, 0.1) is 25.4 Å². The van der Waals surface area contributed by atoms with Crippen molar-refractivity contribution in [3.63, 3.8) is 0 Å². The molecule has 3 N–H and O–H groups in total. The van der Waals surface area contributed by atoms with E-state index in [0.717, 1.165) is 6.20 Å². The molecular weight excluding hydrogens is 415 g/mol. The topological polar surface area (TPSA) is 106 Å². The van der Waals surface area contributed by atoms with Gasteiger partial charge in [0.2, 0.25) is 5.95 Å². The molecule has 0 aliphatic carbocycles. The predicted octanol–water partition coefficient (Wildman–Crippen LogP) is 4.57. The van der Waals surface area contributed by atoms with Crippen LogP contribution in [0.3, 0.4) is 0 Å². The zero-order valence-corrected chi connectivity index (χ0v) is 17.0. The first-order chi connectivity index (χ1) is 14.3. The Kier molecular flexibility index (Phi) is 6.22. The van der Waals surface area contributed by atoms with Crippen LogP contribution in [0, 0.1) is 12.7 Å². The molecule has 8 nitrogen and oxygen atoms in total. The highest BCUT2D eigenvalue weighted by atomic mass is 35.5. The molecule has 2 aromatic carbocycles. The highest BCUT2D eigenvalue weighted by molar-refractivity contribution is 6.32. The van der Waals surface area contributed by atoms with E-state index < -0.39 is 11.8 Å². The van der Waals surface area contributed by atoms with Gasteiger partial charge in [-0.2, -0.15) is 4.98 Å². The third kappa shape index (κ3) is 4.52. The molecule has 3 aromatic rings. The number of aromatic nitrogens is 2. The minimum absolute atomic E-state index is 0.0475. The Morgan fingerprint density at radius 3 is 2.60 bits per heavy atom. The van der Waals surface area contributed by atoms with E-state index in [1.54, 1.807) is 25.1 Å². The molecule has 0 radical (unpaired) electrons. The summed E-state index contributed by atoms with van der Waals surface area (Å²) in [6.07, 6.45) is 0.997. The van der Waals surface area contributed by atoms with Crippen molar-refractivity contribution >= 4 is 40.7 Å². The Bertz CT molecular complexity index is 1090. The Morgan fingerprint density at radius 1 is 1.17 bits per heavy atom. The van der Waals surface area contributed by atoms with Crippen molar-refractivity contribution in [3.8, 4) is 11.5 Å². The fraction of sp³-hybridized carbons (Fsp3) is 0.150. The van der Waals surface area contributed by atoms with Crippen molar-refractivity contribution in [2.24, 2.45) is 0 Å². The average Bonchev–Trinajstić information content (AvgIpc) is 2.73. The number of phenolic OH excluding ortho intramolecular Hbond substituents is 1. The molecule has 1 aromatic heterocycles. The molecule has 0 aliphatic rings. The predicted molar refractivity (Wildman–Crippen MR) is 111 cm³/mol. The first-order valence-corrected chi connectivity index (χ1v) is 9.02. The van der Waals surface area contributed by atoms with E-state index in [0.29, 0.717) is 22.7 Å². The number of aromatic hydroxyl groups is 1. The van der Waals surface area contributed by atoms with Gasteiger partial charge in [-0.05, 0) is 42.8 Å². The van der Waals surface area contributed by atoms with Crippen LogP contribution in [0.15, 0.2) is 36.5 Å². The number of benzene rings is 2. The number of phenols is 1. The number of hydrogen-bond donors (Lipinski definition) is 3. The second-order valence-electron chi connectivity index (χ2n) is 6.17. The van der Waals surface area contributed by atoms with Crippen LogP contribution in [0.1, 0.15) is 15.9 Å². The number of nitrogens with zero attached hydrogens (tertiary/aromatic N) is 2. The Morgan fingerprint density at radius 2 is 1.93 bits per heavy atom. The van der Waals surface area contributed by atoms with Gasteiger partial charge in [-0.25, -0.2) is 14.2 Å². The zero-order valence-electron chi connectivity index (χ0n) is 16.3. The maximum Gasteiger partial charge on any atom is 0.341 e. The number of esters is 1. The molecule has 0 atom stereocenters. The van der Waals surface area contributed by atoms with Crippen molar-refractivity contribution < 1.29 is 23.8 Å². The number of nitrogens with one attached hydrogen (secondary N) is 2. The Hall–Kier alpha value is -3.59. The van der Waals surface area contributed by atoms with E-state index in [-0.39, 0.29) is 28.1 Å². The van der Waals surface area contributed by atoms with Gasteiger partial charge in [-0.1, -0.05) is 11.6 Å². The van der Waals surface area contributed by atoms with Gasteiger partial charge >= 0.3 is 5.97 Å². The van der Waals surface area contributed by atoms with E-state index >= 15 is 0 Å². The van der Waals surface area contributed by atoms with Crippen molar-refractivity contribution in [2.75, 3.05) is 24.9 Å². The summed E-state index contributed by atoms with van der Waals surface area (Å²) in [5.74, 6) is -0.982. The van der Waals surface area contributed by atoms with Gasteiger partial charge < -0.3 is 25.2 Å². The highest BCUT2D eigenvalue weighted by Crippen LogP contribution is 2.32. The number of carbonyl (C=O) groups is 1. The lowest BCUT2D eigenvalue weighted by atomic mass is 10.2. The summed E-state index contributed by atoms with van der Waals surface area (Å²) in [5.41, 5.74) is 1.64. The van der Waals surface area contributed by atoms with Crippen molar-refractivity contribution in [3.05, 3.63) is 58.5 Å². The molecule has 0 saturated heterocycles. The standard InChI is InChI=1S/C20H18ClFN4O4/c1-10-6-12(8-14(21)17(10)27)24-18-15(22)9-23-20(26-18)25-11-4-5-16(29-2)13(7-11)19(28)30-3/h4-9,27H,1-3H3,(H2,23,24,25,26). The summed E-state index contributed by atoms with van der Waals surface area (Å²) < 4.78 is 24.1. The van der Waals surface area contributed by atoms with Crippen LogP contribution < -0.4 is 15.4 Å². The van der Waals surface area contributed by atoms with Crippen molar-refractivity contribution in [1.82, 2.24) is 9.97 Å². The van der Waals surface area contributed by atoms with Gasteiger partial charge in [0.15, 0.2) is 11.6 Å². The highest BCUT2D eigenvalue weighted by Gasteiger charge is 2.15. The quantitative estimate of drug-likeness (QED) is 0.384. The molecule has 3 rings (SSSR count). The number of anilines is 4. The number of hydrogen-bond acceptors (Lipinski definition) is 8. The fourth-order valence-electron chi connectivity index (χ4n) is 2.64. The van der Waals surface area contributed by atoms with Gasteiger partial charge in [0.25, 0.3) is 0 Å². The number of methoxy groups -OCH3 is 2. The molecule has 0 saturated carbocycles. The van der Waals surface area contributed by atoms with Crippen LogP contribution in [0.4, 0.5) is 27.5 Å². The summed E-state index contributed by atoms with van der Waals surface area (Å²) in [6.45, 7) is 1.66. The van der Waals surface area contributed by atoms with E-state index in [9.17, 15) is 14.3 Å². The van der Waals surface area contributed by atoms with Crippen LogP contribution in [0.5, 0.6) is 11.5 Å². The van der Waals surface area contributed by atoms with Crippen LogP contribution >= 0.6 is 11.6 Å². The molecule has 156 valence electrons. The first kappa shape index (κ1) is 21.1. The van der Waals surface area contributed by atoms with Gasteiger partial charge in [0, 0.05) is 11.4 Å². The zero-order chi connectivity index (χ0) is 21.8. The third-order valence-corrected chi connectivity index (χ3v) is 4.41. The Labute approximate surface area is 176 Å². The summed E-state index contributed by atoms with van der Waals surface area (Å²) in [6, 6.07) is 7.78. The lowest BCUT2D eigenvalue weighted by molar-refractivity contribution is 0.0597. The maximum absolute atomic E-state index is 14.2. The summed E-state index contributed by atoms with van der Waals surface area (Å²) in [7, 11) is 2.70. The van der Waals surface area contributed by atoms with E-state index in [2.05, 4.69) is 20.6 Å². The number of ether oxygens (including phenoxy) is 2. The molecule has 0 unspecified atom stereocenters. The van der Waals surface area contributed by atoms with E-state index in [1.165, 1.54) is 26.4 Å². The van der Waals surface area contributed by atoms with Gasteiger partial charge in [0.1, 0.15) is 17.1 Å². The summed E-state index contributed by atoms with van der Waals surface area (Å²) >= 11 is 5.96. The minimum atomic E-state index is -0.688. The lowest BCUT2D eigenvalue weighted by Gasteiger charge is -2.12. The summed E-state index contributed by atoms with van der Waals surface area (Å²) in [4.78, 5) is 20.0. The van der Waals surface area contributed by atoms with Crippen LogP contribution in [0.2, 0.25) is 5.02 Å². The number of carbonyl (C=O) groups excluding carboxylic acids is 1. The normalized spacial score (nSPS) is 10.4. The first-order valence-electron chi connectivity index (χ1n) is 8.64. The monoisotopic (exact) mass is 432 g/mol. The Balaban J connectivity index is 1.88. The second kappa shape index (κ2) is 8.83. The third-order valence-electron chi connectivity index (χ3n) is 4.12. The number of aryl methyl sites for hydroxylation is 1. The molecule has 0 spiro atoms.